The third-order valence-corrected chi connectivity index (χ3v) is 7.21. The summed E-state index contributed by atoms with van der Waals surface area (Å²) in [6, 6.07) is 16.2. The van der Waals surface area contributed by atoms with E-state index in [9.17, 15) is 9.18 Å². The Morgan fingerprint density at radius 3 is 2.44 bits per heavy atom. The topological polar surface area (TPSA) is 41.4 Å². The SMILES string of the molecule is Cc1nn(Cc2ccc(Cl)cc2)c2sc(C(=O)N3CCN(c4ccc(F)cc4)CC3)cc12. The van der Waals surface area contributed by atoms with Gasteiger partial charge in [0.2, 0.25) is 0 Å². The molecule has 0 atom stereocenters. The van der Waals surface area contributed by atoms with Gasteiger partial charge in [-0.15, -0.1) is 11.3 Å². The molecule has 5 rings (SSSR count). The highest BCUT2D eigenvalue weighted by atomic mass is 35.5. The number of benzene rings is 2. The van der Waals surface area contributed by atoms with Crippen molar-refractivity contribution in [2.45, 2.75) is 13.5 Å². The number of hydrogen-bond acceptors (Lipinski definition) is 4. The Kier molecular flexibility index (Phi) is 5.61. The molecule has 2 aromatic heterocycles. The van der Waals surface area contributed by atoms with E-state index in [1.165, 1.54) is 23.5 Å². The minimum Gasteiger partial charge on any atom is -0.368 e. The highest BCUT2D eigenvalue weighted by Crippen LogP contribution is 2.30. The lowest BCUT2D eigenvalue weighted by Crippen LogP contribution is -2.48. The molecule has 4 aromatic rings. The van der Waals surface area contributed by atoms with Gasteiger partial charge in [-0.2, -0.15) is 5.10 Å². The summed E-state index contributed by atoms with van der Waals surface area (Å²) in [6.07, 6.45) is 0. The number of hydrogen-bond donors (Lipinski definition) is 0. The van der Waals surface area contributed by atoms with Crippen LogP contribution in [-0.2, 0) is 6.54 Å². The van der Waals surface area contributed by atoms with E-state index in [4.69, 9.17) is 11.6 Å². The molecular formula is C24H22ClFN4OS. The van der Waals surface area contributed by atoms with Gasteiger partial charge >= 0.3 is 0 Å². The molecule has 0 spiro atoms. The Balaban J connectivity index is 1.31. The number of anilines is 1. The van der Waals surface area contributed by atoms with Crippen LogP contribution in [0.2, 0.25) is 5.02 Å². The maximum absolute atomic E-state index is 13.2. The van der Waals surface area contributed by atoms with Crippen LogP contribution in [0.15, 0.2) is 54.6 Å². The van der Waals surface area contributed by atoms with Gasteiger partial charge in [-0.1, -0.05) is 23.7 Å². The molecule has 5 nitrogen and oxygen atoms in total. The largest absolute Gasteiger partial charge is 0.368 e. The van der Waals surface area contributed by atoms with Crippen molar-refractivity contribution in [2.75, 3.05) is 31.1 Å². The number of thiophene rings is 1. The summed E-state index contributed by atoms with van der Waals surface area (Å²) in [7, 11) is 0. The Labute approximate surface area is 194 Å². The summed E-state index contributed by atoms with van der Waals surface area (Å²) in [6.45, 7) is 5.34. The van der Waals surface area contributed by atoms with Crippen molar-refractivity contribution in [3.63, 3.8) is 0 Å². The zero-order valence-corrected chi connectivity index (χ0v) is 19.2. The zero-order chi connectivity index (χ0) is 22.2. The van der Waals surface area contributed by atoms with Gasteiger partial charge in [0.25, 0.3) is 5.91 Å². The lowest BCUT2D eigenvalue weighted by Gasteiger charge is -2.36. The minimum atomic E-state index is -0.239. The molecule has 0 saturated carbocycles. The van der Waals surface area contributed by atoms with Crippen LogP contribution in [0.25, 0.3) is 10.2 Å². The molecular weight excluding hydrogens is 447 g/mol. The third-order valence-electron chi connectivity index (χ3n) is 5.82. The van der Waals surface area contributed by atoms with Crippen molar-refractivity contribution in [1.29, 1.82) is 0 Å². The molecule has 32 heavy (non-hydrogen) atoms. The maximum Gasteiger partial charge on any atom is 0.264 e. The van der Waals surface area contributed by atoms with Crippen molar-refractivity contribution < 1.29 is 9.18 Å². The second-order valence-electron chi connectivity index (χ2n) is 7.95. The van der Waals surface area contributed by atoms with Crippen LogP contribution in [-0.4, -0.2) is 46.8 Å². The molecule has 164 valence electrons. The van der Waals surface area contributed by atoms with E-state index in [1.54, 1.807) is 12.1 Å². The van der Waals surface area contributed by atoms with Gasteiger partial charge < -0.3 is 9.80 Å². The van der Waals surface area contributed by atoms with Gasteiger partial charge in [0.15, 0.2) is 0 Å². The molecule has 0 unspecified atom stereocenters. The first-order valence-electron chi connectivity index (χ1n) is 10.5. The molecule has 0 radical (unpaired) electrons. The Hall–Kier alpha value is -2.90. The van der Waals surface area contributed by atoms with Crippen molar-refractivity contribution in [3.05, 3.63) is 81.6 Å². The van der Waals surface area contributed by atoms with Crippen LogP contribution in [0.5, 0.6) is 0 Å². The third kappa shape index (κ3) is 4.10. The number of carbonyl (C=O) groups is 1. The zero-order valence-electron chi connectivity index (χ0n) is 17.6. The molecule has 3 heterocycles. The first kappa shape index (κ1) is 21.0. The molecule has 0 N–H and O–H groups in total. The number of nitrogens with zero attached hydrogens (tertiary/aromatic N) is 4. The number of halogens is 2. The molecule has 1 aliphatic heterocycles. The second kappa shape index (κ2) is 8.56. The molecule has 0 aliphatic carbocycles. The normalized spacial score (nSPS) is 14.3. The van der Waals surface area contributed by atoms with Crippen molar-refractivity contribution >= 4 is 44.7 Å². The molecule has 8 heteroatoms. The molecule has 1 saturated heterocycles. The molecule has 2 aromatic carbocycles. The average Bonchev–Trinajstić information content (AvgIpc) is 3.37. The van der Waals surface area contributed by atoms with Crippen molar-refractivity contribution in [3.8, 4) is 0 Å². The number of aryl methyl sites for hydroxylation is 1. The summed E-state index contributed by atoms with van der Waals surface area (Å²) in [5.41, 5.74) is 3.01. The average molecular weight is 469 g/mol. The van der Waals surface area contributed by atoms with Crippen molar-refractivity contribution in [2.24, 2.45) is 0 Å². The first-order chi connectivity index (χ1) is 15.5. The Morgan fingerprint density at radius 2 is 1.75 bits per heavy atom. The predicted molar refractivity (Wildman–Crippen MR) is 127 cm³/mol. The van der Waals surface area contributed by atoms with Gasteiger partial charge in [-0.05, 0) is 55.0 Å². The highest BCUT2D eigenvalue weighted by molar-refractivity contribution is 7.20. The van der Waals surface area contributed by atoms with Crippen LogP contribution in [0.3, 0.4) is 0 Å². The van der Waals surface area contributed by atoms with E-state index in [0.717, 1.165) is 45.1 Å². The maximum atomic E-state index is 13.2. The van der Waals surface area contributed by atoms with Crippen LogP contribution in [0.1, 0.15) is 20.9 Å². The van der Waals surface area contributed by atoms with E-state index in [2.05, 4.69) is 10.00 Å². The number of carbonyl (C=O) groups excluding carboxylic acids is 1. The predicted octanol–water partition coefficient (Wildman–Crippen LogP) is 5.21. The minimum absolute atomic E-state index is 0.0578. The van der Waals surface area contributed by atoms with Crippen LogP contribution < -0.4 is 4.90 Å². The highest BCUT2D eigenvalue weighted by Gasteiger charge is 2.25. The van der Waals surface area contributed by atoms with E-state index in [0.29, 0.717) is 24.7 Å². The van der Waals surface area contributed by atoms with Crippen LogP contribution >= 0.6 is 22.9 Å². The monoisotopic (exact) mass is 468 g/mol. The number of piperazine rings is 1. The van der Waals surface area contributed by atoms with Gasteiger partial charge in [-0.3, -0.25) is 9.48 Å². The second-order valence-corrected chi connectivity index (χ2v) is 9.42. The standard InChI is InChI=1S/C24H22ClFN4OS/c1-16-21-14-22(32-24(21)30(27-16)15-17-2-4-18(25)5-3-17)23(31)29-12-10-28(11-13-29)20-8-6-19(26)7-9-20/h2-9,14H,10-13,15H2,1H3. The van der Waals surface area contributed by atoms with E-state index in [-0.39, 0.29) is 11.7 Å². The molecule has 0 bridgehead atoms. The van der Waals surface area contributed by atoms with E-state index >= 15 is 0 Å². The summed E-state index contributed by atoms with van der Waals surface area (Å²) in [5.74, 6) is -0.181. The number of fused-ring (bicyclic) bond motifs is 1. The van der Waals surface area contributed by atoms with Gasteiger partial charge in [-0.25, -0.2) is 4.39 Å². The van der Waals surface area contributed by atoms with Crippen molar-refractivity contribution in [1.82, 2.24) is 14.7 Å². The lowest BCUT2D eigenvalue weighted by atomic mass is 10.2. The van der Waals surface area contributed by atoms with Gasteiger partial charge in [0, 0.05) is 42.3 Å². The smallest absolute Gasteiger partial charge is 0.264 e. The fourth-order valence-electron chi connectivity index (χ4n) is 4.06. The molecule has 1 amide bonds. The van der Waals surface area contributed by atoms with Crippen LogP contribution in [0, 0.1) is 12.7 Å². The fourth-order valence-corrected chi connectivity index (χ4v) is 5.32. The Morgan fingerprint density at radius 1 is 1.06 bits per heavy atom. The van der Waals surface area contributed by atoms with Crippen LogP contribution in [0.4, 0.5) is 10.1 Å². The summed E-state index contributed by atoms with van der Waals surface area (Å²) < 4.78 is 15.1. The number of aromatic nitrogens is 2. The summed E-state index contributed by atoms with van der Waals surface area (Å²) in [5, 5.41) is 6.40. The van der Waals surface area contributed by atoms with E-state index in [1.807, 2.05) is 46.8 Å². The number of rotatable bonds is 4. The molecule has 1 aliphatic rings. The quantitative estimate of drug-likeness (QED) is 0.413. The van der Waals surface area contributed by atoms with Gasteiger partial charge in [0.1, 0.15) is 10.6 Å². The Bertz CT molecular complexity index is 1260. The number of amides is 1. The summed E-state index contributed by atoms with van der Waals surface area (Å²) >= 11 is 7.49. The van der Waals surface area contributed by atoms with Gasteiger partial charge in [0.05, 0.1) is 17.1 Å². The fraction of sp³-hybridized carbons (Fsp3) is 0.250. The summed E-state index contributed by atoms with van der Waals surface area (Å²) in [4.78, 5) is 19.0. The first-order valence-corrected chi connectivity index (χ1v) is 11.7. The van der Waals surface area contributed by atoms with E-state index < -0.39 is 0 Å². The lowest BCUT2D eigenvalue weighted by molar-refractivity contribution is 0.0751. The molecule has 1 fully saturated rings.